The van der Waals surface area contributed by atoms with E-state index >= 15 is 0 Å². The standard InChI is InChI=1S/C16H14F3N3O3S/c1-26(24,25)12-7-8-14(20-10-12)22-15(23,16(17,18)19)9-13(21-22)11-5-3-2-4-6-11/h2-8,10,23H,9H2,1H3/t15-/m0/s1. The topological polar surface area (TPSA) is 82.9 Å². The predicted molar refractivity (Wildman–Crippen MR) is 88.4 cm³/mol. The van der Waals surface area contributed by atoms with E-state index in [1.54, 1.807) is 30.3 Å². The van der Waals surface area contributed by atoms with Gasteiger partial charge in [-0.1, -0.05) is 30.3 Å². The molecule has 0 radical (unpaired) electrons. The molecular formula is C16H14F3N3O3S. The molecule has 1 aliphatic rings. The SMILES string of the molecule is CS(=O)(=O)c1ccc(N2N=C(c3ccccc3)C[C@]2(O)C(F)(F)F)nc1. The average molecular weight is 385 g/mol. The first-order chi connectivity index (χ1) is 12.0. The number of halogens is 3. The Morgan fingerprint density at radius 2 is 1.81 bits per heavy atom. The van der Waals surface area contributed by atoms with Gasteiger partial charge in [-0.05, 0) is 17.7 Å². The third-order valence-electron chi connectivity index (χ3n) is 3.91. The summed E-state index contributed by atoms with van der Waals surface area (Å²) in [7, 11) is -3.56. The van der Waals surface area contributed by atoms with Crippen molar-refractivity contribution >= 4 is 21.4 Å². The van der Waals surface area contributed by atoms with Crippen molar-refractivity contribution in [3.63, 3.8) is 0 Å². The van der Waals surface area contributed by atoms with Gasteiger partial charge in [0.15, 0.2) is 15.7 Å². The highest BCUT2D eigenvalue weighted by Gasteiger charge is 2.62. The first-order valence-corrected chi connectivity index (χ1v) is 9.30. The van der Waals surface area contributed by atoms with Gasteiger partial charge in [-0.25, -0.2) is 18.4 Å². The summed E-state index contributed by atoms with van der Waals surface area (Å²) in [5, 5.41) is 14.6. The van der Waals surface area contributed by atoms with E-state index in [1.807, 2.05) is 0 Å². The molecule has 0 fully saturated rings. The molecular weight excluding hydrogens is 371 g/mol. The third kappa shape index (κ3) is 3.17. The molecule has 0 saturated heterocycles. The number of nitrogens with zero attached hydrogens (tertiary/aromatic N) is 3. The van der Waals surface area contributed by atoms with Crippen LogP contribution in [0.15, 0.2) is 58.7 Å². The number of hydrogen-bond donors (Lipinski definition) is 1. The fourth-order valence-corrected chi connectivity index (χ4v) is 3.08. The molecule has 0 spiro atoms. The number of anilines is 1. The Balaban J connectivity index is 2.07. The Hall–Kier alpha value is -2.46. The summed E-state index contributed by atoms with van der Waals surface area (Å²) in [6, 6.07) is 10.4. The molecule has 2 heterocycles. The van der Waals surface area contributed by atoms with Gasteiger partial charge < -0.3 is 5.11 Å². The maximum atomic E-state index is 13.5. The highest BCUT2D eigenvalue weighted by molar-refractivity contribution is 7.90. The molecule has 1 aliphatic heterocycles. The highest BCUT2D eigenvalue weighted by atomic mass is 32.2. The molecule has 1 aromatic heterocycles. The lowest BCUT2D eigenvalue weighted by atomic mass is 10.0. The predicted octanol–water partition coefficient (Wildman–Crippen LogP) is 2.35. The van der Waals surface area contributed by atoms with Crippen LogP contribution in [-0.2, 0) is 9.84 Å². The molecule has 3 rings (SSSR count). The van der Waals surface area contributed by atoms with Gasteiger partial charge in [0.25, 0.3) is 5.72 Å². The Morgan fingerprint density at radius 3 is 2.31 bits per heavy atom. The lowest BCUT2D eigenvalue weighted by Gasteiger charge is -2.33. The quantitative estimate of drug-likeness (QED) is 0.877. The van der Waals surface area contributed by atoms with Crippen molar-refractivity contribution in [3.8, 4) is 0 Å². The fourth-order valence-electron chi connectivity index (χ4n) is 2.52. The molecule has 10 heteroatoms. The van der Waals surface area contributed by atoms with E-state index in [1.165, 1.54) is 0 Å². The molecule has 1 N–H and O–H groups in total. The van der Waals surface area contributed by atoms with Crippen LogP contribution in [0.5, 0.6) is 0 Å². The molecule has 0 amide bonds. The van der Waals surface area contributed by atoms with Crippen molar-refractivity contribution in [1.29, 1.82) is 0 Å². The number of sulfone groups is 1. The van der Waals surface area contributed by atoms with Crippen LogP contribution in [0.2, 0.25) is 0 Å². The maximum absolute atomic E-state index is 13.5. The third-order valence-corrected chi connectivity index (χ3v) is 5.01. The van der Waals surface area contributed by atoms with Crippen molar-refractivity contribution in [2.24, 2.45) is 5.10 Å². The summed E-state index contributed by atoms with van der Waals surface area (Å²) < 4.78 is 63.6. The minimum atomic E-state index is -5.01. The molecule has 26 heavy (non-hydrogen) atoms. The van der Waals surface area contributed by atoms with Crippen LogP contribution in [0.4, 0.5) is 19.0 Å². The second-order valence-electron chi connectivity index (χ2n) is 5.84. The van der Waals surface area contributed by atoms with E-state index in [2.05, 4.69) is 10.1 Å². The summed E-state index contributed by atoms with van der Waals surface area (Å²) in [4.78, 5) is 3.59. The molecule has 2 aromatic rings. The number of aromatic nitrogens is 1. The van der Waals surface area contributed by atoms with Gasteiger partial charge in [-0.3, -0.25) is 0 Å². The molecule has 1 aromatic carbocycles. The van der Waals surface area contributed by atoms with Crippen LogP contribution in [0.3, 0.4) is 0 Å². The second kappa shape index (κ2) is 6.06. The van der Waals surface area contributed by atoms with E-state index < -0.39 is 28.2 Å². The van der Waals surface area contributed by atoms with Crippen LogP contribution in [0.25, 0.3) is 0 Å². The number of hydrogen-bond acceptors (Lipinski definition) is 6. The van der Waals surface area contributed by atoms with E-state index in [0.29, 0.717) is 10.6 Å². The molecule has 0 unspecified atom stereocenters. The van der Waals surface area contributed by atoms with Crippen LogP contribution in [0, 0.1) is 0 Å². The summed E-state index contributed by atoms with van der Waals surface area (Å²) in [6.45, 7) is 0. The zero-order valence-electron chi connectivity index (χ0n) is 13.5. The first kappa shape index (κ1) is 18.3. The average Bonchev–Trinajstić information content (AvgIpc) is 2.94. The maximum Gasteiger partial charge on any atom is 0.438 e. The minimum Gasteiger partial charge on any atom is -0.362 e. The molecule has 6 nitrogen and oxygen atoms in total. The van der Waals surface area contributed by atoms with Crippen molar-refractivity contribution < 1.29 is 26.7 Å². The summed E-state index contributed by atoms with van der Waals surface area (Å²) in [5.41, 5.74) is -2.80. The summed E-state index contributed by atoms with van der Waals surface area (Å²) in [5.74, 6) is -0.317. The second-order valence-corrected chi connectivity index (χ2v) is 7.86. The Kier molecular flexibility index (Phi) is 4.27. The van der Waals surface area contributed by atoms with Crippen molar-refractivity contribution in [1.82, 2.24) is 4.98 Å². The normalized spacial score (nSPS) is 21.0. The van der Waals surface area contributed by atoms with Gasteiger partial charge in [0.1, 0.15) is 0 Å². The van der Waals surface area contributed by atoms with Gasteiger partial charge in [-0.2, -0.15) is 18.3 Å². The minimum absolute atomic E-state index is 0.0411. The van der Waals surface area contributed by atoms with Gasteiger partial charge in [0, 0.05) is 12.5 Å². The Labute approximate surface area is 147 Å². The van der Waals surface area contributed by atoms with Crippen molar-refractivity contribution in [2.45, 2.75) is 23.2 Å². The number of alkyl halides is 3. The Morgan fingerprint density at radius 1 is 1.15 bits per heavy atom. The summed E-state index contributed by atoms with van der Waals surface area (Å²) in [6.07, 6.45) is -3.91. The number of benzene rings is 1. The van der Waals surface area contributed by atoms with Crippen LogP contribution >= 0.6 is 0 Å². The van der Waals surface area contributed by atoms with E-state index in [-0.39, 0.29) is 16.4 Å². The van der Waals surface area contributed by atoms with Gasteiger partial charge in [0.05, 0.1) is 17.0 Å². The zero-order valence-corrected chi connectivity index (χ0v) is 14.3. The first-order valence-electron chi connectivity index (χ1n) is 7.41. The van der Waals surface area contributed by atoms with Crippen LogP contribution in [-0.4, -0.2) is 42.4 Å². The molecule has 138 valence electrons. The lowest BCUT2D eigenvalue weighted by molar-refractivity contribution is -0.254. The van der Waals surface area contributed by atoms with E-state index in [9.17, 15) is 26.7 Å². The van der Waals surface area contributed by atoms with Gasteiger partial charge in [0.2, 0.25) is 0 Å². The van der Waals surface area contributed by atoms with Gasteiger partial charge >= 0.3 is 6.18 Å². The zero-order chi connectivity index (χ0) is 19.2. The number of aliphatic hydroxyl groups is 1. The lowest BCUT2D eigenvalue weighted by Crippen LogP contribution is -2.55. The fraction of sp³-hybridized carbons (Fsp3) is 0.250. The molecule has 1 atom stereocenters. The van der Waals surface area contributed by atoms with Gasteiger partial charge in [-0.15, -0.1) is 0 Å². The Bertz CT molecular complexity index is 944. The van der Waals surface area contributed by atoms with E-state index in [0.717, 1.165) is 24.6 Å². The monoisotopic (exact) mass is 385 g/mol. The summed E-state index contributed by atoms with van der Waals surface area (Å²) >= 11 is 0. The van der Waals surface area contributed by atoms with Crippen LogP contribution in [0.1, 0.15) is 12.0 Å². The van der Waals surface area contributed by atoms with Crippen LogP contribution < -0.4 is 5.01 Å². The smallest absolute Gasteiger partial charge is 0.362 e. The number of rotatable bonds is 3. The molecule has 0 bridgehead atoms. The highest BCUT2D eigenvalue weighted by Crippen LogP contribution is 2.43. The van der Waals surface area contributed by atoms with Crippen molar-refractivity contribution in [2.75, 3.05) is 11.3 Å². The molecule has 0 aliphatic carbocycles. The number of hydrazone groups is 1. The van der Waals surface area contributed by atoms with Crippen molar-refractivity contribution in [3.05, 3.63) is 54.2 Å². The van der Waals surface area contributed by atoms with E-state index in [4.69, 9.17) is 0 Å². The largest absolute Gasteiger partial charge is 0.438 e. The molecule has 0 saturated carbocycles. The number of pyridine rings is 1.